The zero-order valence-electron chi connectivity index (χ0n) is 15.8. The number of hydrogen-bond donors (Lipinski definition) is 1. The number of nitrogens with zero attached hydrogens (tertiary/aromatic N) is 2. The first-order valence-electron chi connectivity index (χ1n) is 9.14. The lowest BCUT2D eigenvalue weighted by Gasteiger charge is -2.45. The van der Waals surface area contributed by atoms with Crippen molar-refractivity contribution in [3.05, 3.63) is 22.7 Å². The first-order chi connectivity index (χ1) is 12.7. The van der Waals surface area contributed by atoms with Gasteiger partial charge >= 0.3 is 6.09 Å². The SMILES string of the molecule is CC1C(=O)Nc2ccc(Br)cc2N1C1CCN(C(=O)OC(C)(C)CI)CC1. The van der Waals surface area contributed by atoms with Gasteiger partial charge in [0.15, 0.2) is 0 Å². The smallest absolute Gasteiger partial charge is 0.410 e. The molecule has 1 saturated heterocycles. The molecule has 1 aromatic rings. The first-order valence-corrected chi connectivity index (χ1v) is 11.5. The van der Waals surface area contributed by atoms with Crippen LogP contribution in [-0.4, -0.2) is 52.1 Å². The zero-order chi connectivity index (χ0) is 19.8. The van der Waals surface area contributed by atoms with Crippen molar-refractivity contribution < 1.29 is 14.3 Å². The Morgan fingerprint density at radius 3 is 2.67 bits per heavy atom. The minimum Gasteiger partial charge on any atom is -0.443 e. The van der Waals surface area contributed by atoms with Crippen molar-refractivity contribution in [2.24, 2.45) is 0 Å². The number of carbonyl (C=O) groups excluding carboxylic acids is 2. The lowest BCUT2D eigenvalue weighted by Crippen LogP contribution is -2.55. The number of anilines is 2. The van der Waals surface area contributed by atoms with Gasteiger partial charge in [0, 0.05) is 28.0 Å². The van der Waals surface area contributed by atoms with Crippen LogP contribution in [0.4, 0.5) is 16.2 Å². The van der Waals surface area contributed by atoms with E-state index in [1.54, 1.807) is 4.90 Å². The molecule has 0 spiro atoms. The van der Waals surface area contributed by atoms with Crippen LogP contribution in [0.1, 0.15) is 33.6 Å². The van der Waals surface area contributed by atoms with Crippen LogP contribution >= 0.6 is 38.5 Å². The largest absolute Gasteiger partial charge is 0.443 e. The van der Waals surface area contributed by atoms with E-state index < -0.39 is 5.60 Å². The summed E-state index contributed by atoms with van der Waals surface area (Å²) in [5, 5.41) is 2.98. The van der Waals surface area contributed by atoms with E-state index in [4.69, 9.17) is 4.74 Å². The maximum absolute atomic E-state index is 12.4. The average molecular weight is 550 g/mol. The van der Waals surface area contributed by atoms with Gasteiger partial charge in [0.05, 0.1) is 11.4 Å². The van der Waals surface area contributed by atoms with Crippen LogP contribution in [0.5, 0.6) is 0 Å². The molecule has 148 valence electrons. The van der Waals surface area contributed by atoms with Gasteiger partial charge < -0.3 is 19.9 Å². The summed E-state index contributed by atoms with van der Waals surface area (Å²) < 4.78 is 7.34. The van der Waals surface area contributed by atoms with E-state index in [9.17, 15) is 9.59 Å². The molecule has 0 bridgehead atoms. The van der Waals surface area contributed by atoms with E-state index in [2.05, 4.69) is 54.8 Å². The Hall–Kier alpha value is -1.03. The minimum atomic E-state index is -0.459. The molecule has 1 N–H and O–H groups in total. The monoisotopic (exact) mass is 549 g/mol. The molecule has 27 heavy (non-hydrogen) atoms. The fraction of sp³-hybridized carbons (Fsp3) is 0.579. The van der Waals surface area contributed by atoms with Crippen molar-refractivity contribution in [3.8, 4) is 0 Å². The standard InChI is InChI=1S/C19H25BrIN3O3/c1-12-17(25)22-15-5-4-13(20)10-16(15)24(12)14-6-8-23(9-7-14)18(26)27-19(2,3)11-21/h4-5,10,12,14H,6-9,11H2,1-3H3,(H,22,25). The highest BCUT2D eigenvalue weighted by Crippen LogP contribution is 2.37. The molecule has 0 aliphatic carbocycles. The van der Waals surface area contributed by atoms with Crippen LogP contribution in [0.15, 0.2) is 22.7 Å². The second-order valence-electron chi connectivity index (χ2n) is 7.71. The molecule has 3 rings (SSSR count). The Kier molecular flexibility index (Phi) is 6.24. The van der Waals surface area contributed by atoms with Gasteiger partial charge in [0.1, 0.15) is 11.6 Å². The van der Waals surface area contributed by atoms with E-state index in [0.29, 0.717) is 13.1 Å². The molecule has 1 atom stereocenters. The highest BCUT2D eigenvalue weighted by atomic mass is 127. The lowest BCUT2D eigenvalue weighted by atomic mass is 9.98. The van der Waals surface area contributed by atoms with Gasteiger partial charge in [-0.3, -0.25) is 4.79 Å². The number of hydrogen-bond acceptors (Lipinski definition) is 4. The van der Waals surface area contributed by atoms with Crippen molar-refractivity contribution in [3.63, 3.8) is 0 Å². The molecule has 0 saturated carbocycles. The maximum Gasteiger partial charge on any atom is 0.410 e. The minimum absolute atomic E-state index is 0.00968. The summed E-state index contributed by atoms with van der Waals surface area (Å²) in [6.07, 6.45) is 1.37. The van der Waals surface area contributed by atoms with Crippen molar-refractivity contribution >= 4 is 61.9 Å². The Bertz CT molecular complexity index is 735. The number of alkyl halides is 1. The topological polar surface area (TPSA) is 61.9 Å². The number of amides is 2. The Morgan fingerprint density at radius 2 is 2.04 bits per heavy atom. The predicted molar refractivity (Wildman–Crippen MR) is 119 cm³/mol. The highest BCUT2D eigenvalue weighted by molar-refractivity contribution is 14.1. The van der Waals surface area contributed by atoms with Gasteiger partial charge in [-0.1, -0.05) is 38.5 Å². The number of likely N-dealkylation sites (tertiary alicyclic amines) is 1. The molecule has 6 nitrogen and oxygen atoms in total. The van der Waals surface area contributed by atoms with Crippen LogP contribution in [0.3, 0.4) is 0 Å². The Balaban J connectivity index is 1.71. The van der Waals surface area contributed by atoms with E-state index in [-0.39, 0.29) is 24.1 Å². The second-order valence-corrected chi connectivity index (χ2v) is 9.39. The van der Waals surface area contributed by atoms with Crippen molar-refractivity contribution in [2.45, 2.75) is 51.3 Å². The van der Waals surface area contributed by atoms with Crippen molar-refractivity contribution in [1.82, 2.24) is 4.90 Å². The van der Waals surface area contributed by atoms with E-state index in [1.165, 1.54) is 0 Å². The quantitative estimate of drug-likeness (QED) is 0.448. The predicted octanol–water partition coefficient (Wildman–Crippen LogP) is 4.41. The molecule has 0 radical (unpaired) electrons. The third-order valence-corrected chi connectivity index (χ3v) is 7.42. The molecule has 8 heteroatoms. The molecule has 1 unspecified atom stereocenters. The summed E-state index contributed by atoms with van der Waals surface area (Å²) in [7, 11) is 0. The van der Waals surface area contributed by atoms with Crippen molar-refractivity contribution in [2.75, 3.05) is 27.7 Å². The average Bonchev–Trinajstić information content (AvgIpc) is 2.63. The normalized spacial score (nSPS) is 20.9. The van der Waals surface area contributed by atoms with Crippen molar-refractivity contribution in [1.29, 1.82) is 0 Å². The molecule has 2 heterocycles. The molecular weight excluding hydrogens is 525 g/mol. The van der Waals surface area contributed by atoms with Crippen LogP contribution in [0.25, 0.3) is 0 Å². The number of halogens is 2. The number of nitrogens with one attached hydrogen (secondary N) is 1. The molecular formula is C19H25BrIN3O3. The third-order valence-electron chi connectivity index (χ3n) is 5.09. The Morgan fingerprint density at radius 1 is 1.37 bits per heavy atom. The van der Waals surface area contributed by atoms with Gasteiger partial charge in [0.2, 0.25) is 5.91 Å². The Labute approximate surface area is 182 Å². The molecule has 1 aromatic carbocycles. The first kappa shape index (κ1) is 20.7. The van der Waals surface area contributed by atoms with E-state index in [0.717, 1.165) is 33.1 Å². The molecule has 2 aliphatic heterocycles. The fourth-order valence-corrected chi connectivity index (χ4v) is 4.07. The van der Waals surface area contributed by atoms with Gasteiger partial charge in [-0.25, -0.2) is 4.79 Å². The molecule has 2 amide bonds. The number of carbonyl (C=O) groups is 2. The molecule has 1 fully saturated rings. The summed E-state index contributed by atoms with van der Waals surface area (Å²) in [4.78, 5) is 28.8. The number of piperidine rings is 1. The van der Waals surface area contributed by atoms with Gasteiger partial charge in [-0.2, -0.15) is 0 Å². The molecule has 0 aromatic heterocycles. The zero-order valence-corrected chi connectivity index (χ0v) is 19.5. The molecule has 2 aliphatic rings. The summed E-state index contributed by atoms with van der Waals surface area (Å²) in [5.74, 6) is 0.00968. The summed E-state index contributed by atoms with van der Waals surface area (Å²) in [5.41, 5.74) is 1.41. The van der Waals surface area contributed by atoms with E-state index >= 15 is 0 Å². The van der Waals surface area contributed by atoms with Crippen LogP contribution < -0.4 is 10.2 Å². The second kappa shape index (κ2) is 8.14. The van der Waals surface area contributed by atoms with E-state index in [1.807, 2.05) is 32.9 Å². The van der Waals surface area contributed by atoms with Gasteiger partial charge in [-0.05, 0) is 51.8 Å². The van der Waals surface area contributed by atoms with Crippen LogP contribution in [0, 0.1) is 0 Å². The van der Waals surface area contributed by atoms with Gasteiger partial charge in [-0.15, -0.1) is 0 Å². The number of rotatable bonds is 3. The maximum atomic E-state index is 12.4. The number of ether oxygens (including phenoxy) is 1. The van der Waals surface area contributed by atoms with Crippen LogP contribution in [0.2, 0.25) is 0 Å². The third kappa shape index (κ3) is 4.52. The summed E-state index contributed by atoms with van der Waals surface area (Å²) in [6, 6.07) is 5.87. The lowest BCUT2D eigenvalue weighted by molar-refractivity contribution is -0.117. The fourth-order valence-electron chi connectivity index (χ4n) is 3.56. The number of fused-ring (bicyclic) bond motifs is 1. The summed E-state index contributed by atoms with van der Waals surface area (Å²) in [6.45, 7) is 7.05. The summed E-state index contributed by atoms with van der Waals surface area (Å²) >= 11 is 5.76. The number of benzene rings is 1. The highest BCUT2D eigenvalue weighted by Gasteiger charge is 2.37. The van der Waals surface area contributed by atoms with Gasteiger partial charge in [0.25, 0.3) is 0 Å². The van der Waals surface area contributed by atoms with Crippen LogP contribution in [-0.2, 0) is 9.53 Å².